The largest absolute Gasteiger partial charge is 0.347 e. The van der Waals surface area contributed by atoms with Crippen LogP contribution in [0.15, 0.2) is 24.3 Å². The molecular formula is C17H20Cl2N2O3S. The van der Waals surface area contributed by atoms with Gasteiger partial charge >= 0.3 is 0 Å². The van der Waals surface area contributed by atoms with Gasteiger partial charge in [-0.3, -0.25) is 9.69 Å². The van der Waals surface area contributed by atoms with Crippen LogP contribution in [0.2, 0.25) is 10.0 Å². The second-order valence-electron chi connectivity index (χ2n) is 6.48. The zero-order chi connectivity index (χ0) is 18.0. The highest BCUT2D eigenvalue weighted by molar-refractivity contribution is 7.91. The summed E-state index contributed by atoms with van der Waals surface area (Å²) in [7, 11) is -3.13. The molecule has 1 aromatic carbocycles. The molecule has 1 aromatic rings. The molecule has 5 nitrogen and oxygen atoms in total. The first-order valence-electron chi connectivity index (χ1n) is 8.23. The monoisotopic (exact) mass is 402 g/mol. The molecule has 0 aromatic heterocycles. The van der Waals surface area contributed by atoms with E-state index in [1.807, 2.05) is 0 Å². The second-order valence-corrected chi connectivity index (χ2v) is 9.42. The van der Waals surface area contributed by atoms with Gasteiger partial charge < -0.3 is 5.32 Å². The molecule has 2 unspecified atom stereocenters. The van der Waals surface area contributed by atoms with Crippen LogP contribution < -0.4 is 5.32 Å². The average Bonchev–Trinajstić information content (AvgIpc) is 3.16. The molecule has 0 saturated carbocycles. The van der Waals surface area contributed by atoms with E-state index in [4.69, 9.17) is 23.2 Å². The Kier molecular flexibility index (Phi) is 5.73. The van der Waals surface area contributed by atoms with E-state index in [1.165, 1.54) is 6.08 Å². The summed E-state index contributed by atoms with van der Waals surface area (Å²) in [6.07, 6.45) is 5.09. The molecular weight excluding hydrogens is 383 g/mol. The van der Waals surface area contributed by atoms with Crippen LogP contribution in [-0.2, 0) is 14.6 Å². The Hall–Kier alpha value is -1.08. The van der Waals surface area contributed by atoms with Crippen molar-refractivity contribution in [2.45, 2.75) is 24.9 Å². The maximum atomic E-state index is 12.3. The minimum Gasteiger partial charge on any atom is -0.347 e. The number of nitrogens with one attached hydrogen (secondary N) is 1. The van der Waals surface area contributed by atoms with Crippen molar-refractivity contribution in [3.63, 3.8) is 0 Å². The number of carbonyl (C=O) groups is 1. The molecule has 1 amide bonds. The fraction of sp³-hybridized carbons (Fsp3) is 0.471. The van der Waals surface area contributed by atoms with Crippen molar-refractivity contribution < 1.29 is 13.2 Å². The molecule has 25 heavy (non-hydrogen) atoms. The summed E-state index contributed by atoms with van der Waals surface area (Å²) in [6, 6.07) is 4.66. The predicted molar refractivity (Wildman–Crippen MR) is 101 cm³/mol. The zero-order valence-electron chi connectivity index (χ0n) is 13.6. The van der Waals surface area contributed by atoms with Crippen LogP contribution in [0.3, 0.4) is 0 Å². The van der Waals surface area contributed by atoms with E-state index >= 15 is 0 Å². The van der Waals surface area contributed by atoms with Crippen molar-refractivity contribution in [1.29, 1.82) is 0 Å². The lowest BCUT2D eigenvalue weighted by molar-refractivity contribution is -0.117. The number of nitrogens with zero attached hydrogens (tertiary/aromatic N) is 1. The Morgan fingerprint density at radius 3 is 2.64 bits per heavy atom. The highest BCUT2D eigenvalue weighted by atomic mass is 35.5. The third-order valence-corrected chi connectivity index (χ3v) is 7.21. The lowest BCUT2D eigenvalue weighted by Gasteiger charge is -2.28. The van der Waals surface area contributed by atoms with Gasteiger partial charge in [0.05, 0.1) is 27.6 Å². The van der Waals surface area contributed by atoms with E-state index in [-0.39, 0.29) is 29.5 Å². The first-order valence-corrected chi connectivity index (χ1v) is 10.8. The van der Waals surface area contributed by atoms with Gasteiger partial charge in [0, 0.05) is 12.1 Å². The molecule has 3 rings (SSSR count). The summed E-state index contributed by atoms with van der Waals surface area (Å²) in [4.78, 5) is 14.4. The van der Waals surface area contributed by atoms with Gasteiger partial charge in [0.25, 0.3) is 0 Å². The third kappa shape index (κ3) is 4.56. The number of carbonyl (C=O) groups excluding carboxylic acids is 1. The minimum absolute atomic E-state index is 0.00827. The predicted octanol–water partition coefficient (Wildman–Crippen LogP) is 2.38. The smallest absolute Gasteiger partial charge is 0.244 e. The number of rotatable bonds is 4. The normalized spacial score (nSPS) is 26.3. The van der Waals surface area contributed by atoms with Gasteiger partial charge in [-0.2, -0.15) is 0 Å². The van der Waals surface area contributed by atoms with Crippen LogP contribution in [-0.4, -0.2) is 55.9 Å². The van der Waals surface area contributed by atoms with Gasteiger partial charge in [-0.25, -0.2) is 8.42 Å². The molecule has 2 aliphatic heterocycles. The number of likely N-dealkylation sites (tertiary alicyclic amines) is 1. The molecule has 0 aliphatic carbocycles. The molecule has 1 N–H and O–H groups in total. The van der Waals surface area contributed by atoms with Crippen molar-refractivity contribution in [2.75, 3.05) is 24.6 Å². The standard InChI is InChI=1S/C17H20Cl2N2O3S/c18-13-5-3-4-12(17(13)19)6-7-16(22)20-14-10-25(23,24)11-15(14)21-8-1-2-9-21/h3-7,14-15H,1-2,8-11H2,(H,20,22)/b7-6+. The first kappa shape index (κ1) is 18.7. The van der Waals surface area contributed by atoms with Crippen LogP contribution in [0, 0.1) is 0 Å². The SMILES string of the molecule is O=C(/C=C/c1cccc(Cl)c1Cl)NC1CS(=O)(=O)CC1N1CCCC1. The van der Waals surface area contributed by atoms with Gasteiger partial charge in [-0.15, -0.1) is 0 Å². The maximum absolute atomic E-state index is 12.3. The van der Waals surface area contributed by atoms with Crippen molar-refractivity contribution in [3.8, 4) is 0 Å². The molecule has 8 heteroatoms. The Balaban J connectivity index is 1.68. The fourth-order valence-corrected chi connectivity index (χ4v) is 5.77. The zero-order valence-corrected chi connectivity index (χ0v) is 15.9. The Bertz CT molecular complexity index is 789. The van der Waals surface area contributed by atoms with Crippen molar-refractivity contribution in [2.24, 2.45) is 0 Å². The number of amides is 1. The third-order valence-electron chi connectivity index (χ3n) is 4.66. The van der Waals surface area contributed by atoms with Crippen LogP contribution in [0.1, 0.15) is 18.4 Å². The summed E-state index contributed by atoms with van der Waals surface area (Å²) < 4.78 is 24.0. The van der Waals surface area contributed by atoms with Crippen molar-refractivity contribution in [1.82, 2.24) is 10.2 Å². The van der Waals surface area contributed by atoms with Gasteiger partial charge in [-0.05, 0) is 43.6 Å². The summed E-state index contributed by atoms with van der Waals surface area (Å²) in [5, 5.41) is 3.64. The Labute approximate surface area is 157 Å². The van der Waals surface area contributed by atoms with Crippen LogP contribution in [0.5, 0.6) is 0 Å². The highest BCUT2D eigenvalue weighted by Gasteiger charge is 2.42. The van der Waals surface area contributed by atoms with E-state index in [0.29, 0.717) is 15.6 Å². The highest BCUT2D eigenvalue weighted by Crippen LogP contribution is 2.26. The molecule has 2 aliphatic rings. The van der Waals surface area contributed by atoms with E-state index in [1.54, 1.807) is 24.3 Å². The van der Waals surface area contributed by atoms with E-state index in [9.17, 15) is 13.2 Å². The van der Waals surface area contributed by atoms with E-state index < -0.39 is 9.84 Å². The second kappa shape index (κ2) is 7.66. The maximum Gasteiger partial charge on any atom is 0.244 e. The number of halogens is 2. The van der Waals surface area contributed by atoms with Gasteiger partial charge in [-0.1, -0.05) is 35.3 Å². The molecule has 2 atom stereocenters. The quantitative estimate of drug-likeness (QED) is 0.785. The summed E-state index contributed by atoms with van der Waals surface area (Å²) in [5.74, 6) is -0.227. The van der Waals surface area contributed by atoms with Crippen LogP contribution in [0.4, 0.5) is 0 Å². The van der Waals surface area contributed by atoms with E-state index in [2.05, 4.69) is 10.2 Å². The summed E-state index contributed by atoms with van der Waals surface area (Å²) >= 11 is 12.0. The molecule has 0 spiro atoms. The fourth-order valence-electron chi connectivity index (χ4n) is 3.45. The van der Waals surface area contributed by atoms with Gasteiger partial charge in [0.15, 0.2) is 9.84 Å². The molecule has 2 fully saturated rings. The van der Waals surface area contributed by atoms with Gasteiger partial charge in [0.2, 0.25) is 5.91 Å². The van der Waals surface area contributed by atoms with Gasteiger partial charge in [0.1, 0.15) is 0 Å². The molecule has 2 saturated heterocycles. The first-order chi connectivity index (χ1) is 11.9. The molecule has 0 bridgehead atoms. The number of hydrogen-bond donors (Lipinski definition) is 1. The Morgan fingerprint density at radius 2 is 1.92 bits per heavy atom. The lowest BCUT2D eigenvalue weighted by atomic mass is 10.1. The minimum atomic E-state index is -3.13. The summed E-state index contributed by atoms with van der Waals surface area (Å²) in [5.41, 5.74) is 0.638. The van der Waals surface area contributed by atoms with Crippen LogP contribution in [0.25, 0.3) is 6.08 Å². The molecule has 0 radical (unpaired) electrons. The number of benzene rings is 1. The van der Waals surface area contributed by atoms with Crippen molar-refractivity contribution >= 4 is 45.0 Å². The molecule has 136 valence electrons. The topological polar surface area (TPSA) is 66.5 Å². The Morgan fingerprint density at radius 1 is 1.20 bits per heavy atom. The number of hydrogen-bond acceptors (Lipinski definition) is 4. The number of sulfone groups is 1. The van der Waals surface area contributed by atoms with Crippen LogP contribution >= 0.6 is 23.2 Å². The van der Waals surface area contributed by atoms with Crippen molar-refractivity contribution in [3.05, 3.63) is 39.9 Å². The van der Waals surface area contributed by atoms with E-state index in [0.717, 1.165) is 25.9 Å². The average molecular weight is 403 g/mol. The lowest BCUT2D eigenvalue weighted by Crippen LogP contribution is -2.49. The summed E-state index contributed by atoms with van der Waals surface area (Å²) in [6.45, 7) is 1.78. The molecule has 2 heterocycles.